The van der Waals surface area contributed by atoms with Gasteiger partial charge in [-0.05, 0) is 25.5 Å². The molecule has 4 atom stereocenters. The van der Waals surface area contributed by atoms with Crippen molar-refractivity contribution in [2.24, 2.45) is 0 Å². The van der Waals surface area contributed by atoms with Gasteiger partial charge in [0.15, 0.2) is 24.0 Å². The number of fused-ring (bicyclic) bond motifs is 1. The third-order valence-electron chi connectivity index (χ3n) is 3.99. The summed E-state index contributed by atoms with van der Waals surface area (Å²) in [6.07, 6.45) is -1.79. The van der Waals surface area contributed by atoms with E-state index in [0.29, 0.717) is 18.8 Å². The number of hydrogen-bond donors (Lipinski definition) is 1. The molecule has 2 fully saturated rings. The summed E-state index contributed by atoms with van der Waals surface area (Å²) in [7, 11) is 0. The maximum absolute atomic E-state index is 12.7. The van der Waals surface area contributed by atoms with Crippen LogP contribution in [0.3, 0.4) is 0 Å². The fraction of sp³-hybridized carbons (Fsp3) is 0.500. The quantitative estimate of drug-likeness (QED) is 0.486. The first-order valence-corrected chi connectivity index (χ1v) is 7.92. The van der Waals surface area contributed by atoms with Gasteiger partial charge in [-0.25, -0.2) is 0 Å². The monoisotopic (exact) mass is 334 g/mol. The minimum Gasteiger partial charge on any atom is -0.387 e. The third kappa shape index (κ3) is 3.43. The molecule has 130 valence electrons. The number of aliphatic hydroxyl groups excluding tert-OH is 1. The van der Waals surface area contributed by atoms with E-state index in [-0.39, 0.29) is 5.78 Å². The van der Waals surface area contributed by atoms with Crippen LogP contribution in [0.5, 0.6) is 0 Å². The van der Waals surface area contributed by atoms with Crippen molar-refractivity contribution in [2.75, 3.05) is 6.61 Å². The highest BCUT2D eigenvalue weighted by Gasteiger charge is 2.56. The van der Waals surface area contributed by atoms with Crippen LogP contribution in [0, 0.1) is 0 Å². The zero-order valence-electron chi connectivity index (χ0n) is 13.8. The minimum atomic E-state index is -1.06. The van der Waals surface area contributed by atoms with Crippen molar-refractivity contribution >= 4 is 5.78 Å². The van der Waals surface area contributed by atoms with Crippen LogP contribution < -0.4 is 0 Å². The lowest BCUT2D eigenvalue weighted by Crippen LogP contribution is -2.38. The van der Waals surface area contributed by atoms with Crippen molar-refractivity contribution in [1.29, 1.82) is 0 Å². The largest absolute Gasteiger partial charge is 0.387 e. The van der Waals surface area contributed by atoms with E-state index in [1.165, 1.54) is 0 Å². The standard InChI is InChI=1S/C18H22O6/c1-4-8-21-10-11-6-5-7-12(9-11)13(19)15-14(20)16-17(22-15)24-18(2,3)23-16/h4-7,9,14-17,20H,1,8,10H2,2-3H3/t14-,15+,16+,17+/m1/s1. The summed E-state index contributed by atoms with van der Waals surface area (Å²) in [5.74, 6) is -1.13. The Kier molecular flexibility index (Phi) is 4.85. The van der Waals surface area contributed by atoms with E-state index in [9.17, 15) is 9.90 Å². The molecular weight excluding hydrogens is 312 g/mol. The molecule has 0 spiro atoms. The molecule has 0 amide bonds. The zero-order chi connectivity index (χ0) is 17.3. The number of aliphatic hydroxyl groups is 1. The average Bonchev–Trinajstić information content (AvgIpc) is 3.00. The molecule has 24 heavy (non-hydrogen) atoms. The van der Waals surface area contributed by atoms with Crippen LogP contribution >= 0.6 is 0 Å². The summed E-state index contributed by atoms with van der Waals surface area (Å²) in [5.41, 5.74) is 1.32. The molecule has 1 aromatic rings. The van der Waals surface area contributed by atoms with E-state index in [0.717, 1.165) is 5.56 Å². The Morgan fingerprint density at radius 3 is 2.92 bits per heavy atom. The second-order valence-electron chi connectivity index (χ2n) is 6.38. The fourth-order valence-corrected chi connectivity index (χ4v) is 2.95. The van der Waals surface area contributed by atoms with Gasteiger partial charge in [-0.2, -0.15) is 0 Å². The highest BCUT2D eigenvalue weighted by Crippen LogP contribution is 2.38. The summed E-state index contributed by atoms with van der Waals surface area (Å²) >= 11 is 0. The molecule has 6 heteroatoms. The summed E-state index contributed by atoms with van der Waals surface area (Å²) in [6.45, 7) is 7.89. The molecule has 3 rings (SSSR count). The predicted octanol–water partition coefficient (Wildman–Crippen LogP) is 1.81. The van der Waals surface area contributed by atoms with Gasteiger partial charge in [-0.15, -0.1) is 6.58 Å². The van der Waals surface area contributed by atoms with E-state index >= 15 is 0 Å². The van der Waals surface area contributed by atoms with E-state index < -0.39 is 30.4 Å². The molecule has 2 heterocycles. The molecule has 0 radical (unpaired) electrons. The second-order valence-corrected chi connectivity index (χ2v) is 6.38. The van der Waals surface area contributed by atoms with Crippen LogP contribution in [-0.4, -0.2) is 47.9 Å². The third-order valence-corrected chi connectivity index (χ3v) is 3.99. The Labute approximate surface area is 141 Å². The molecular formula is C18H22O6. The summed E-state index contributed by atoms with van der Waals surface area (Å²) in [4.78, 5) is 12.7. The summed E-state index contributed by atoms with van der Waals surface area (Å²) < 4.78 is 22.2. The highest BCUT2D eigenvalue weighted by molar-refractivity contribution is 6.00. The van der Waals surface area contributed by atoms with Crippen molar-refractivity contribution in [3.05, 3.63) is 48.0 Å². The number of hydrogen-bond acceptors (Lipinski definition) is 6. The van der Waals surface area contributed by atoms with Crippen LogP contribution in [0.25, 0.3) is 0 Å². The molecule has 0 aliphatic carbocycles. The van der Waals surface area contributed by atoms with Crippen molar-refractivity contribution in [2.45, 2.75) is 50.8 Å². The van der Waals surface area contributed by atoms with Crippen LogP contribution in [0.4, 0.5) is 0 Å². The maximum Gasteiger partial charge on any atom is 0.194 e. The van der Waals surface area contributed by atoms with Crippen LogP contribution in [0.15, 0.2) is 36.9 Å². The fourth-order valence-electron chi connectivity index (χ4n) is 2.95. The van der Waals surface area contributed by atoms with Crippen molar-refractivity contribution < 1.29 is 28.8 Å². The van der Waals surface area contributed by atoms with E-state index in [1.807, 2.05) is 6.07 Å². The second kappa shape index (κ2) is 6.74. The van der Waals surface area contributed by atoms with Gasteiger partial charge in [0, 0.05) is 5.56 Å². The van der Waals surface area contributed by atoms with E-state index in [4.69, 9.17) is 18.9 Å². The smallest absolute Gasteiger partial charge is 0.194 e. The Morgan fingerprint density at radius 1 is 1.42 bits per heavy atom. The van der Waals surface area contributed by atoms with Gasteiger partial charge in [0.1, 0.15) is 12.2 Å². The van der Waals surface area contributed by atoms with Crippen molar-refractivity contribution in [3.8, 4) is 0 Å². The summed E-state index contributed by atoms with van der Waals surface area (Å²) in [6, 6.07) is 7.07. The van der Waals surface area contributed by atoms with Gasteiger partial charge in [0.2, 0.25) is 0 Å². The molecule has 0 unspecified atom stereocenters. The van der Waals surface area contributed by atoms with Crippen molar-refractivity contribution in [3.63, 3.8) is 0 Å². The van der Waals surface area contributed by atoms with E-state index in [2.05, 4.69) is 6.58 Å². The predicted molar refractivity (Wildman–Crippen MR) is 85.3 cm³/mol. The number of carbonyl (C=O) groups is 1. The maximum atomic E-state index is 12.7. The molecule has 1 N–H and O–H groups in total. The Hall–Kier alpha value is -1.57. The molecule has 0 aromatic heterocycles. The molecule has 2 saturated heterocycles. The molecule has 2 aliphatic rings. The Morgan fingerprint density at radius 2 is 2.21 bits per heavy atom. The zero-order valence-corrected chi connectivity index (χ0v) is 13.8. The lowest BCUT2D eigenvalue weighted by atomic mass is 9.99. The summed E-state index contributed by atoms with van der Waals surface area (Å²) in [5, 5.41) is 10.4. The number of carbonyl (C=O) groups excluding carboxylic acids is 1. The first-order chi connectivity index (χ1) is 11.4. The van der Waals surface area contributed by atoms with Gasteiger partial charge >= 0.3 is 0 Å². The lowest BCUT2D eigenvalue weighted by Gasteiger charge is -2.22. The number of rotatable bonds is 6. The first-order valence-electron chi connectivity index (χ1n) is 7.92. The Balaban J connectivity index is 1.69. The van der Waals surface area contributed by atoms with Gasteiger partial charge in [0.05, 0.1) is 13.2 Å². The highest BCUT2D eigenvalue weighted by atomic mass is 16.8. The van der Waals surface area contributed by atoms with E-state index in [1.54, 1.807) is 38.1 Å². The first kappa shape index (κ1) is 17.3. The number of benzene rings is 1. The number of ether oxygens (including phenoxy) is 4. The number of ketones is 1. The van der Waals surface area contributed by atoms with Gasteiger partial charge < -0.3 is 24.1 Å². The topological polar surface area (TPSA) is 74.2 Å². The lowest BCUT2D eigenvalue weighted by molar-refractivity contribution is -0.208. The number of Topliss-reactive ketones (excluding diaryl/α,β-unsaturated/α-hetero) is 1. The van der Waals surface area contributed by atoms with Crippen LogP contribution in [0.1, 0.15) is 29.8 Å². The normalized spacial score (nSPS) is 31.0. The SMILES string of the molecule is C=CCOCc1cccc(C(=O)[C@@H]2O[C@H]3OC(C)(C)O[C@H]3[C@@H]2O)c1. The van der Waals surface area contributed by atoms with Gasteiger partial charge in [-0.3, -0.25) is 4.79 Å². The molecule has 2 aliphatic heterocycles. The minimum absolute atomic E-state index is 0.299. The van der Waals surface area contributed by atoms with Gasteiger partial charge in [0.25, 0.3) is 0 Å². The van der Waals surface area contributed by atoms with Gasteiger partial charge in [-0.1, -0.05) is 24.3 Å². The molecule has 0 bridgehead atoms. The van der Waals surface area contributed by atoms with Crippen LogP contribution in [-0.2, 0) is 25.6 Å². The average molecular weight is 334 g/mol. The molecule has 6 nitrogen and oxygen atoms in total. The molecule has 0 saturated carbocycles. The van der Waals surface area contributed by atoms with Crippen LogP contribution in [0.2, 0.25) is 0 Å². The van der Waals surface area contributed by atoms with Crippen molar-refractivity contribution in [1.82, 2.24) is 0 Å². The Bertz CT molecular complexity index is 626. The molecule has 1 aromatic carbocycles.